The molecule has 0 aliphatic carbocycles. The number of carbonyl (C=O) groups excluding carboxylic acids is 1. The van der Waals surface area contributed by atoms with E-state index in [0.717, 1.165) is 6.07 Å². The second kappa shape index (κ2) is 8.26. The summed E-state index contributed by atoms with van der Waals surface area (Å²) in [7, 11) is 0. The van der Waals surface area contributed by atoms with Crippen molar-refractivity contribution in [3.05, 3.63) is 33.8 Å². The lowest BCUT2D eigenvalue weighted by molar-refractivity contribution is -0.143. The summed E-state index contributed by atoms with van der Waals surface area (Å²) < 4.78 is 35.9. The van der Waals surface area contributed by atoms with Gasteiger partial charge in [-0.1, -0.05) is 27.9 Å². The quantitative estimate of drug-likeness (QED) is 0.428. The highest BCUT2D eigenvalue weighted by Crippen LogP contribution is 2.31. The van der Waals surface area contributed by atoms with Gasteiger partial charge in [-0.05, 0) is 39.8 Å². The van der Waals surface area contributed by atoms with Gasteiger partial charge in [0.2, 0.25) is 0 Å². The van der Waals surface area contributed by atoms with Gasteiger partial charge in [-0.3, -0.25) is 9.52 Å². The van der Waals surface area contributed by atoms with Gasteiger partial charge in [-0.25, -0.2) is 8.78 Å². The largest absolute Gasteiger partial charge is 0.466 e. The summed E-state index contributed by atoms with van der Waals surface area (Å²) in [6, 6.07) is 1.84. The molecule has 0 unspecified atom stereocenters. The Balaban J connectivity index is 3.05. The summed E-state index contributed by atoms with van der Waals surface area (Å²) in [6.45, 7) is 7.87. The number of hydrogen-bond donors (Lipinski definition) is 1. The monoisotopic (exact) mass is 395 g/mol. The van der Waals surface area contributed by atoms with Crippen LogP contribution in [-0.4, -0.2) is 17.3 Å². The highest BCUT2D eigenvalue weighted by molar-refractivity contribution is 9.10. The molecule has 124 valence electrons. The SMILES string of the molecule is CCOC(=O)C[C@H](NSC(C)(C)C)c1cc(Br)cc(F)c1F. The Kier molecular flexibility index (Phi) is 7.28. The smallest absolute Gasteiger partial charge is 0.307 e. The minimum Gasteiger partial charge on any atom is -0.466 e. The van der Waals surface area contributed by atoms with Crippen LogP contribution in [0.4, 0.5) is 8.78 Å². The Morgan fingerprint density at radius 2 is 2.05 bits per heavy atom. The fraction of sp³-hybridized carbons (Fsp3) is 0.533. The first-order chi connectivity index (χ1) is 10.1. The molecule has 1 aromatic rings. The van der Waals surface area contributed by atoms with Crippen LogP contribution >= 0.6 is 27.9 Å². The molecule has 0 saturated carbocycles. The molecule has 0 aliphatic rings. The molecule has 0 amide bonds. The molecule has 0 fully saturated rings. The van der Waals surface area contributed by atoms with Gasteiger partial charge in [-0.15, -0.1) is 0 Å². The van der Waals surface area contributed by atoms with Crippen molar-refractivity contribution in [2.24, 2.45) is 0 Å². The van der Waals surface area contributed by atoms with E-state index in [1.165, 1.54) is 18.0 Å². The number of nitrogens with one attached hydrogen (secondary N) is 1. The van der Waals surface area contributed by atoms with Crippen LogP contribution in [0.2, 0.25) is 0 Å². The van der Waals surface area contributed by atoms with Gasteiger partial charge in [0, 0.05) is 14.8 Å². The second-order valence-corrected chi connectivity index (χ2v) is 8.27. The van der Waals surface area contributed by atoms with Crippen LogP contribution in [0, 0.1) is 11.6 Å². The summed E-state index contributed by atoms with van der Waals surface area (Å²) >= 11 is 4.50. The molecule has 3 nitrogen and oxygen atoms in total. The fourth-order valence-corrected chi connectivity index (χ4v) is 2.83. The summed E-state index contributed by atoms with van der Waals surface area (Å²) in [5, 5.41) is 0. The topological polar surface area (TPSA) is 38.3 Å². The molecule has 1 aromatic carbocycles. The molecule has 0 saturated heterocycles. The van der Waals surface area contributed by atoms with Crippen LogP contribution in [-0.2, 0) is 9.53 Å². The molecular formula is C15H20BrF2NO2S. The maximum atomic E-state index is 14.1. The molecule has 7 heteroatoms. The number of carbonyl (C=O) groups is 1. The number of rotatable bonds is 6. The van der Waals surface area contributed by atoms with E-state index in [4.69, 9.17) is 4.74 Å². The lowest BCUT2D eigenvalue weighted by Gasteiger charge is -2.24. The van der Waals surface area contributed by atoms with E-state index < -0.39 is 23.6 Å². The van der Waals surface area contributed by atoms with Crippen molar-refractivity contribution in [2.45, 2.75) is 44.9 Å². The van der Waals surface area contributed by atoms with E-state index in [0.29, 0.717) is 4.47 Å². The van der Waals surface area contributed by atoms with E-state index >= 15 is 0 Å². The van der Waals surface area contributed by atoms with E-state index in [-0.39, 0.29) is 23.3 Å². The highest BCUT2D eigenvalue weighted by atomic mass is 79.9. The molecule has 1 atom stereocenters. The zero-order chi connectivity index (χ0) is 16.9. The van der Waals surface area contributed by atoms with Gasteiger partial charge < -0.3 is 4.74 Å². The van der Waals surface area contributed by atoms with Crippen LogP contribution in [0.3, 0.4) is 0 Å². The third-order valence-corrected chi connectivity index (χ3v) is 4.05. The van der Waals surface area contributed by atoms with E-state index in [2.05, 4.69) is 20.7 Å². The van der Waals surface area contributed by atoms with E-state index in [1.54, 1.807) is 6.92 Å². The van der Waals surface area contributed by atoms with Crippen LogP contribution in [0.15, 0.2) is 16.6 Å². The lowest BCUT2D eigenvalue weighted by atomic mass is 10.0. The van der Waals surface area contributed by atoms with Crippen LogP contribution in [0.25, 0.3) is 0 Å². The van der Waals surface area contributed by atoms with Crippen LogP contribution in [0.5, 0.6) is 0 Å². The molecule has 1 rings (SSSR count). The molecule has 0 aliphatic heterocycles. The van der Waals surface area contributed by atoms with Crippen molar-refractivity contribution in [1.82, 2.24) is 4.72 Å². The standard InChI is InChI=1S/C15H20BrF2NO2S/c1-5-21-13(20)8-12(19-22-15(2,3)4)10-6-9(16)7-11(17)14(10)18/h6-7,12,19H,5,8H2,1-4H3/t12-/m0/s1. The number of ether oxygens (including phenoxy) is 1. The lowest BCUT2D eigenvalue weighted by Crippen LogP contribution is -2.25. The molecule has 0 heterocycles. The number of hydrogen-bond acceptors (Lipinski definition) is 4. The highest BCUT2D eigenvalue weighted by Gasteiger charge is 2.24. The minimum absolute atomic E-state index is 0.0796. The average molecular weight is 396 g/mol. The van der Waals surface area contributed by atoms with E-state index in [9.17, 15) is 13.6 Å². The Bertz CT molecular complexity index is 535. The summed E-state index contributed by atoms with van der Waals surface area (Å²) in [5.41, 5.74) is 0.0941. The molecular weight excluding hydrogens is 376 g/mol. The normalized spacial score (nSPS) is 13.0. The molecule has 0 bridgehead atoms. The number of esters is 1. The predicted molar refractivity (Wildman–Crippen MR) is 88.5 cm³/mol. The van der Waals surface area contributed by atoms with Gasteiger partial charge in [0.05, 0.1) is 19.1 Å². The minimum atomic E-state index is -0.959. The van der Waals surface area contributed by atoms with E-state index in [1.807, 2.05) is 20.8 Å². The van der Waals surface area contributed by atoms with Crippen LogP contribution < -0.4 is 4.72 Å². The van der Waals surface area contributed by atoms with Crippen molar-refractivity contribution in [3.63, 3.8) is 0 Å². The Morgan fingerprint density at radius 1 is 1.41 bits per heavy atom. The zero-order valence-corrected chi connectivity index (χ0v) is 15.4. The molecule has 0 spiro atoms. The van der Waals surface area contributed by atoms with Gasteiger partial charge >= 0.3 is 5.97 Å². The maximum Gasteiger partial charge on any atom is 0.307 e. The maximum absolute atomic E-state index is 14.1. The Morgan fingerprint density at radius 3 is 2.59 bits per heavy atom. The van der Waals surface area contributed by atoms with Crippen molar-refractivity contribution in [2.75, 3.05) is 6.61 Å². The van der Waals surface area contributed by atoms with Gasteiger partial charge in [-0.2, -0.15) is 0 Å². The van der Waals surface area contributed by atoms with Gasteiger partial charge in [0.15, 0.2) is 11.6 Å². The molecule has 0 radical (unpaired) electrons. The molecule has 22 heavy (non-hydrogen) atoms. The Hall–Kier alpha value is -0.660. The van der Waals surface area contributed by atoms with Crippen molar-refractivity contribution >= 4 is 33.8 Å². The summed E-state index contributed by atoms with van der Waals surface area (Å²) in [6.07, 6.45) is -0.0796. The fourth-order valence-electron chi connectivity index (χ4n) is 1.68. The third kappa shape index (κ3) is 6.22. The summed E-state index contributed by atoms with van der Waals surface area (Å²) in [5.74, 6) is -2.38. The van der Waals surface area contributed by atoms with Gasteiger partial charge in [0.1, 0.15) is 0 Å². The van der Waals surface area contributed by atoms with Crippen molar-refractivity contribution in [3.8, 4) is 0 Å². The number of benzene rings is 1. The van der Waals surface area contributed by atoms with Crippen molar-refractivity contribution < 1.29 is 18.3 Å². The summed E-state index contributed by atoms with van der Waals surface area (Å²) in [4.78, 5) is 11.7. The average Bonchev–Trinajstić information content (AvgIpc) is 2.38. The second-order valence-electron chi connectivity index (χ2n) is 5.68. The molecule has 1 N–H and O–H groups in total. The first-order valence-corrected chi connectivity index (χ1v) is 8.48. The first kappa shape index (κ1) is 19.4. The third-order valence-electron chi connectivity index (χ3n) is 2.58. The predicted octanol–water partition coefficient (Wildman–Crippen LogP) is 4.76. The van der Waals surface area contributed by atoms with Crippen molar-refractivity contribution in [1.29, 1.82) is 0 Å². The molecule has 0 aromatic heterocycles. The zero-order valence-electron chi connectivity index (χ0n) is 13.0. The van der Waals surface area contributed by atoms with Crippen LogP contribution in [0.1, 0.15) is 45.7 Å². The number of halogens is 3. The Labute approximate surface area is 142 Å². The first-order valence-electron chi connectivity index (χ1n) is 6.87. The van der Waals surface area contributed by atoms with Gasteiger partial charge in [0.25, 0.3) is 0 Å².